The Bertz CT molecular complexity index is 1010. The summed E-state index contributed by atoms with van der Waals surface area (Å²) in [5, 5.41) is 15.3. The fourth-order valence-corrected chi connectivity index (χ4v) is 3.51. The molecule has 0 aliphatic heterocycles. The van der Waals surface area contributed by atoms with Gasteiger partial charge in [0.25, 0.3) is 5.91 Å². The van der Waals surface area contributed by atoms with Gasteiger partial charge in [0.15, 0.2) is 5.90 Å². The highest BCUT2D eigenvalue weighted by atomic mass is 35.5. The highest BCUT2D eigenvalue weighted by Gasteiger charge is 2.17. The van der Waals surface area contributed by atoms with Gasteiger partial charge in [0.2, 0.25) is 0 Å². The number of ether oxygens (including phenoxy) is 2. The van der Waals surface area contributed by atoms with Crippen molar-refractivity contribution in [3.63, 3.8) is 0 Å². The molecule has 190 valence electrons. The van der Waals surface area contributed by atoms with Crippen LogP contribution in [-0.2, 0) is 27.3 Å². The van der Waals surface area contributed by atoms with Crippen LogP contribution in [-0.4, -0.2) is 50.3 Å². The summed E-state index contributed by atoms with van der Waals surface area (Å²) in [4.78, 5) is 17.4. The minimum atomic E-state index is -0.255. The van der Waals surface area contributed by atoms with E-state index in [1.54, 1.807) is 14.0 Å². The van der Waals surface area contributed by atoms with Crippen LogP contribution < -0.4 is 10.6 Å². The summed E-state index contributed by atoms with van der Waals surface area (Å²) in [6.45, 7) is 7.01. The number of nitrogens with zero attached hydrogens (tertiary/aromatic N) is 1. The molecule has 3 N–H and O–H groups in total. The number of carbonyl (C=O) groups excluding carboxylic acids is 1. The third kappa shape index (κ3) is 10.1. The summed E-state index contributed by atoms with van der Waals surface area (Å²) in [5.74, 6) is 0.659. The molecule has 1 atom stereocenters. The van der Waals surface area contributed by atoms with E-state index in [2.05, 4.69) is 16.7 Å². The Morgan fingerprint density at radius 3 is 2.54 bits per heavy atom. The number of halogens is 1. The van der Waals surface area contributed by atoms with Crippen LogP contribution in [0.25, 0.3) is 0 Å². The normalized spacial score (nSPS) is 13.1. The molecule has 0 saturated heterocycles. The smallest absolute Gasteiger partial charge is 0.250 e. The molecular weight excluding hydrogens is 466 g/mol. The summed E-state index contributed by atoms with van der Waals surface area (Å²) < 4.78 is 11.4. The Hall–Kier alpha value is -2.87. The minimum Gasteiger partial charge on any atom is -0.476 e. The molecular formula is C27H36ClN3O4. The van der Waals surface area contributed by atoms with Crippen molar-refractivity contribution in [3.05, 3.63) is 81.6 Å². The first kappa shape index (κ1) is 28.4. The van der Waals surface area contributed by atoms with E-state index in [1.165, 1.54) is 0 Å². The maximum absolute atomic E-state index is 12.6. The molecule has 7 nitrogen and oxygen atoms in total. The van der Waals surface area contributed by atoms with Crippen LogP contribution >= 0.6 is 11.6 Å². The number of hydrogen-bond acceptors (Lipinski definition) is 6. The van der Waals surface area contributed by atoms with Crippen LogP contribution in [0, 0.1) is 12.8 Å². The van der Waals surface area contributed by atoms with E-state index in [4.69, 9.17) is 31.2 Å². The molecule has 2 rings (SSSR count). The lowest BCUT2D eigenvalue weighted by Gasteiger charge is -2.18. The van der Waals surface area contributed by atoms with Crippen molar-refractivity contribution >= 4 is 23.4 Å². The van der Waals surface area contributed by atoms with E-state index in [-0.39, 0.29) is 25.0 Å². The SMILES string of the molecule is CNC(/N=C(/OCc1cccc(C)c1)C(C)Cc1ccc(Cl)cc1)=C(/C)C(=O)NCCOCCO. The van der Waals surface area contributed by atoms with Crippen LogP contribution in [0.2, 0.25) is 5.02 Å². The van der Waals surface area contributed by atoms with Crippen LogP contribution in [0.15, 0.2) is 64.9 Å². The average molecular weight is 502 g/mol. The van der Waals surface area contributed by atoms with E-state index in [1.807, 2.05) is 56.3 Å². The fourth-order valence-electron chi connectivity index (χ4n) is 3.39. The average Bonchev–Trinajstić information content (AvgIpc) is 2.85. The largest absolute Gasteiger partial charge is 0.476 e. The maximum atomic E-state index is 12.6. The van der Waals surface area contributed by atoms with Gasteiger partial charge < -0.3 is 25.2 Å². The number of amides is 1. The molecule has 0 fully saturated rings. The highest BCUT2D eigenvalue weighted by Crippen LogP contribution is 2.17. The number of nitrogens with one attached hydrogen (secondary N) is 2. The quantitative estimate of drug-likeness (QED) is 0.167. The van der Waals surface area contributed by atoms with Crippen LogP contribution in [0.5, 0.6) is 0 Å². The lowest BCUT2D eigenvalue weighted by molar-refractivity contribution is -0.117. The summed E-state index contributed by atoms with van der Waals surface area (Å²) in [6, 6.07) is 15.8. The number of rotatable bonds is 13. The van der Waals surface area contributed by atoms with Crippen molar-refractivity contribution in [1.82, 2.24) is 10.6 Å². The van der Waals surface area contributed by atoms with Crippen molar-refractivity contribution in [2.75, 3.05) is 33.4 Å². The molecule has 35 heavy (non-hydrogen) atoms. The molecule has 2 aromatic carbocycles. The first-order chi connectivity index (χ1) is 16.8. The predicted octanol–water partition coefficient (Wildman–Crippen LogP) is 4.02. The minimum absolute atomic E-state index is 0.0490. The number of aryl methyl sites for hydroxylation is 1. The third-order valence-electron chi connectivity index (χ3n) is 5.27. The summed E-state index contributed by atoms with van der Waals surface area (Å²) in [5.41, 5.74) is 3.75. The molecule has 0 aliphatic carbocycles. The van der Waals surface area contributed by atoms with Gasteiger partial charge in [-0.2, -0.15) is 4.99 Å². The Morgan fingerprint density at radius 1 is 1.14 bits per heavy atom. The van der Waals surface area contributed by atoms with Crippen LogP contribution in [0.4, 0.5) is 0 Å². The summed E-state index contributed by atoms with van der Waals surface area (Å²) in [6.07, 6.45) is 0.703. The van der Waals surface area contributed by atoms with E-state index >= 15 is 0 Å². The zero-order valence-electron chi connectivity index (χ0n) is 20.9. The van der Waals surface area contributed by atoms with E-state index in [9.17, 15) is 4.79 Å². The Balaban J connectivity index is 2.23. The molecule has 0 aliphatic rings. The van der Waals surface area contributed by atoms with Crippen LogP contribution in [0.3, 0.4) is 0 Å². The monoisotopic (exact) mass is 501 g/mol. The van der Waals surface area contributed by atoms with Crippen molar-refractivity contribution < 1.29 is 19.4 Å². The first-order valence-corrected chi connectivity index (χ1v) is 12.1. The Labute approximate surface area is 213 Å². The van der Waals surface area contributed by atoms with Crippen molar-refractivity contribution in [2.45, 2.75) is 33.8 Å². The van der Waals surface area contributed by atoms with Gasteiger partial charge in [-0.25, -0.2) is 0 Å². The maximum Gasteiger partial charge on any atom is 0.250 e. The molecule has 0 bridgehead atoms. The van der Waals surface area contributed by atoms with Crippen molar-refractivity contribution in [2.24, 2.45) is 10.9 Å². The number of aliphatic hydroxyl groups is 1. The lowest BCUT2D eigenvalue weighted by Crippen LogP contribution is -2.30. The molecule has 0 aromatic heterocycles. The molecule has 0 heterocycles. The summed E-state index contributed by atoms with van der Waals surface area (Å²) >= 11 is 6.03. The van der Waals surface area contributed by atoms with Crippen molar-refractivity contribution in [1.29, 1.82) is 0 Å². The highest BCUT2D eigenvalue weighted by molar-refractivity contribution is 6.30. The van der Waals surface area contributed by atoms with Crippen LogP contribution in [0.1, 0.15) is 30.5 Å². The Kier molecular flexibility index (Phi) is 12.3. The second-order valence-corrected chi connectivity index (χ2v) is 8.71. The molecule has 0 spiro atoms. The Morgan fingerprint density at radius 2 is 1.89 bits per heavy atom. The molecule has 0 saturated carbocycles. The van der Waals surface area contributed by atoms with Gasteiger partial charge in [0.05, 0.1) is 25.4 Å². The molecule has 1 amide bonds. The first-order valence-electron chi connectivity index (χ1n) is 11.7. The third-order valence-corrected chi connectivity index (χ3v) is 5.52. The van der Waals surface area contributed by atoms with Gasteiger partial charge in [-0.15, -0.1) is 0 Å². The molecule has 2 aromatic rings. The molecule has 8 heteroatoms. The fraction of sp³-hybridized carbons (Fsp3) is 0.407. The number of aliphatic hydroxyl groups excluding tert-OH is 1. The van der Waals surface area contributed by atoms with Crippen molar-refractivity contribution in [3.8, 4) is 0 Å². The number of carbonyl (C=O) groups is 1. The summed E-state index contributed by atoms with van der Waals surface area (Å²) in [7, 11) is 1.72. The zero-order chi connectivity index (χ0) is 25.6. The van der Waals surface area contributed by atoms with Gasteiger partial charge in [0, 0.05) is 24.5 Å². The standard InChI is InChI=1S/C27H36ClN3O4/c1-19-6-5-7-23(16-19)18-35-27(20(2)17-22-8-10-24(28)11-9-22)31-25(29-4)21(3)26(33)30-12-14-34-15-13-32/h5-11,16,20,29,32H,12-15,17-18H2,1-4H3,(H,30,33)/b25-21+,31-27+. The van der Waals surface area contributed by atoms with E-state index in [0.717, 1.165) is 16.7 Å². The van der Waals surface area contributed by atoms with Gasteiger partial charge in [-0.1, -0.05) is 60.5 Å². The van der Waals surface area contributed by atoms with E-state index in [0.29, 0.717) is 48.5 Å². The predicted molar refractivity (Wildman–Crippen MR) is 140 cm³/mol. The number of benzene rings is 2. The van der Waals surface area contributed by atoms with Gasteiger partial charge >= 0.3 is 0 Å². The lowest BCUT2D eigenvalue weighted by atomic mass is 10.0. The van der Waals surface area contributed by atoms with Gasteiger partial charge in [-0.3, -0.25) is 4.79 Å². The van der Waals surface area contributed by atoms with E-state index < -0.39 is 0 Å². The second kappa shape index (κ2) is 15.2. The molecule has 1 unspecified atom stereocenters. The number of aliphatic imine (C=N–C) groups is 1. The zero-order valence-corrected chi connectivity index (χ0v) is 21.7. The topological polar surface area (TPSA) is 92.2 Å². The molecule has 0 radical (unpaired) electrons. The van der Waals surface area contributed by atoms with Gasteiger partial charge in [-0.05, 0) is 43.5 Å². The second-order valence-electron chi connectivity index (χ2n) is 8.27. The van der Waals surface area contributed by atoms with Gasteiger partial charge in [0.1, 0.15) is 12.4 Å². The number of hydrogen-bond donors (Lipinski definition) is 3.